The first-order chi connectivity index (χ1) is 7.40. The normalized spacial score (nSPS) is 32.7. The van der Waals surface area contributed by atoms with Crippen molar-refractivity contribution < 1.29 is 4.74 Å². The molecule has 2 aliphatic rings. The molecule has 0 radical (unpaired) electrons. The van der Waals surface area contributed by atoms with Crippen LogP contribution in [0, 0.1) is 11.3 Å². The van der Waals surface area contributed by atoms with Crippen molar-refractivity contribution in [2.24, 2.45) is 0 Å². The highest BCUT2D eigenvalue weighted by Gasteiger charge is 2.23. The van der Waals surface area contributed by atoms with Gasteiger partial charge in [-0.15, -0.1) is 0 Å². The molecule has 2 unspecified atom stereocenters. The fourth-order valence-electron chi connectivity index (χ4n) is 2.32. The first-order valence-electron chi connectivity index (χ1n) is 5.86. The Labute approximate surface area is 91.2 Å². The lowest BCUT2D eigenvalue weighted by atomic mass is 10.1. The van der Waals surface area contributed by atoms with E-state index in [9.17, 15) is 0 Å². The van der Waals surface area contributed by atoms with Crippen molar-refractivity contribution in [3.63, 3.8) is 0 Å². The van der Waals surface area contributed by atoms with Gasteiger partial charge in [-0.25, -0.2) is 0 Å². The molecular formula is C11H19N3O. The van der Waals surface area contributed by atoms with Crippen LogP contribution in [0.2, 0.25) is 0 Å². The van der Waals surface area contributed by atoms with Crippen molar-refractivity contribution in [1.29, 1.82) is 5.26 Å². The maximum atomic E-state index is 8.99. The summed E-state index contributed by atoms with van der Waals surface area (Å²) in [6.45, 7) is 4.73. The molecule has 0 amide bonds. The second-order valence-corrected chi connectivity index (χ2v) is 4.31. The second kappa shape index (κ2) is 5.45. The summed E-state index contributed by atoms with van der Waals surface area (Å²) in [5.41, 5.74) is 0. The Bertz CT molecular complexity index is 232. The predicted molar refractivity (Wildman–Crippen MR) is 57.4 cm³/mol. The van der Waals surface area contributed by atoms with Crippen molar-refractivity contribution in [3.05, 3.63) is 0 Å². The van der Waals surface area contributed by atoms with E-state index in [1.54, 1.807) is 0 Å². The fourth-order valence-corrected chi connectivity index (χ4v) is 2.32. The molecule has 2 saturated heterocycles. The maximum Gasteiger partial charge on any atom is 0.110 e. The summed E-state index contributed by atoms with van der Waals surface area (Å²) in [5, 5.41) is 12.2. The molecule has 1 N–H and O–H groups in total. The van der Waals surface area contributed by atoms with Crippen LogP contribution in [0.1, 0.15) is 19.3 Å². The lowest BCUT2D eigenvalue weighted by Gasteiger charge is -2.32. The van der Waals surface area contributed by atoms with Gasteiger partial charge in [0.25, 0.3) is 0 Å². The molecule has 2 fully saturated rings. The highest BCUT2D eigenvalue weighted by atomic mass is 16.5. The summed E-state index contributed by atoms with van der Waals surface area (Å²) < 4.78 is 5.59. The predicted octanol–water partition coefficient (Wildman–Crippen LogP) is 0.353. The van der Waals surface area contributed by atoms with Gasteiger partial charge in [0.2, 0.25) is 0 Å². The Balaban J connectivity index is 1.74. The monoisotopic (exact) mass is 209 g/mol. The van der Waals surface area contributed by atoms with Crippen molar-refractivity contribution in [1.82, 2.24) is 10.2 Å². The van der Waals surface area contributed by atoms with Crippen molar-refractivity contribution in [2.75, 3.05) is 32.8 Å². The third kappa shape index (κ3) is 2.91. The molecular weight excluding hydrogens is 190 g/mol. The quantitative estimate of drug-likeness (QED) is 0.729. The van der Waals surface area contributed by atoms with Gasteiger partial charge in [-0.05, 0) is 19.3 Å². The van der Waals surface area contributed by atoms with Gasteiger partial charge in [-0.3, -0.25) is 4.90 Å². The van der Waals surface area contributed by atoms with Crippen molar-refractivity contribution in [3.8, 4) is 6.07 Å². The molecule has 2 heterocycles. The fraction of sp³-hybridized carbons (Fsp3) is 0.909. The number of nitrogens with zero attached hydrogens (tertiary/aromatic N) is 2. The number of nitriles is 1. The van der Waals surface area contributed by atoms with E-state index in [4.69, 9.17) is 10.00 Å². The molecule has 4 nitrogen and oxygen atoms in total. The van der Waals surface area contributed by atoms with E-state index in [1.807, 2.05) is 0 Å². The molecule has 0 bridgehead atoms. The van der Waals surface area contributed by atoms with E-state index in [0.29, 0.717) is 6.10 Å². The molecule has 0 saturated carbocycles. The topological polar surface area (TPSA) is 48.3 Å². The van der Waals surface area contributed by atoms with E-state index < -0.39 is 0 Å². The van der Waals surface area contributed by atoms with Crippen LogP contribution < -0.4 is 5.32 Å². The van der Waals surface area contributed by atoms with E-state index >= 15 is 0 Å². The Morgan fingerprint density at radius 1 is 1.53 bits per heavy atom. The lowest BCUT2D eigenvalue weighted by molar-refractivity contribution is 0.0849. The minimum absolute atomic E-state index is 0.0557. The summed E-state index contributed by atoms with van der Waals surface area (Å²) >= 11 is 0. The molecule has 2 aliphatic heterocycles. The van der Waals surface area contributed by atoms with E-state index in [1.165, 1.54) is 12.8 Å². The summed E-state index contributed by atoms with van der Waals surface area (Å²) in [4.78, 5) is 2.28. The molecule has 0 aromatic heterocycles. The SMILES string of the molecule is N#CC1CNCCN1CCC1CCCO1. The van der Waals surface area contributed by atoms with Crippen LogP contribution in [-0.2, 0) is 4.74 Å². The van der Waals surface area contributed by atoms with Gasteiger partial charge in [-0.1, -0.05) is 0 Å². The van der Waals surface area contributed by atoms with Crippen molar-refractivity contribution in [2.45, 2.75) is 31.4 Å². The third-order valence-corrected chi connectivity index (χ3v) is 3.27. The first kappa shape index (κ1) is 10.9. The molecule has 0 aliphatic carbocycles. The lowest BCUT2D eigenvalue weighted by Crippen LogP contribution is -2.51. The van der Waals surface area contributed by atoms with Crippen LogP contribution in [0.4, 0.5) is 0 Å². The van der Waals surface area contributed by atoms with Gasteiger partial charge >= 0.3 is 0 Å². The number of hydrogen-bond acceptors (Lipinski definition) is 4. The number of nitrogens with one attached hydrogen (secondary N) is 1. The largest absolute Gasteiger partial charge is 0.378 e. The highest BCUT2D eigenvalue weighted by Crippen LogP contribution is 2.16. The molecule has 4 heteroatoms. The Morgan fingerprint density at radius 2 is 2.47 bits per heavy atom. The molecule has 15 heavy (non-hydrogen) atoms. The highest BCUT2D eigenvalue weighted by molar-refractivity contribution is 4.96. The molecule has 84 valence electrons. The zero-order chi connectivity index (χ0) is 10.5. The smallest absolute Gasteiger partial charge is 0.110 e. The minimum atomic E-state index is 0.0557. The average molecular weight is 209 g/mol. The Morgan fingerprint density at radius 3 is 3.20 bits per heavy atom. The summed E-state index contributed by atoms with van der Waals surface area (Å²) in [7, 11) is 0. The molecule has 0 aromatic carbocycles. The number of rotatable bonds is 3. The van der Waals surface area contributed by atoms with Crippen LogP contribution in [-0.4, -0.2) is 49.8 Å². The van der Waals surface area contributed by atoms with E-state index in [-0.39, 0.29) is 6.04 Å². The number of piperazine rings is 1. The molecule has 2 atom stereocenters. The number of hydrogen-bond donors (Lipinski definition) is 1. The van der Waals surface area contributed by atoms with E-state index in [0.717, 1.165) is 39.2 Å². The second-order valence-electron chi connectivity index (χ2n) is 4.31. The zero-order valence-electron chi connectivity index (χ0n) is 9.11. The first-order valence-corrected chi connectivity index (χ1v) is 5.86. The minimum Gasteiger partial charge on any atom is -0.378 e. The number of ether oxygens (including phenoxy) is 1. The molecule has 0 spiro atoms. The van der Waals surface area contributed by atoms with Crippen LogP contribution >= 0.6 is 0 Å². The van der Waals surface area contributed by atoms with E-state index in [2.05, 4.69) is 16.3 Å². The van der Waals surface area contributed by atoms with Crippen LogP contribution in [0.5, 0.6) is 0 Å². The Hall–Kier alpha value is -0.630. The Kier molecular flexibility index (Phi) is 3.95. The van der Waals surface area contributed by atoms with Gasteiger partial charge in [-0.2, -0.15) is 5.26 Å². The van der Waals surface area contributed by atoms with Gasteiger partial charge in [0, 0.05) is 32.8 Å². The molecule has 0 aromatic rings. The zero-order valence-corrected chi connectivity index (χ0v) is 9.11. The van der Waals surface area contributed by atoms with Gasteiger partial charge in [0.1, 0.15) is 6.04 Å². The van der Waals surface area contributed by atoms with Crippen molar-refractivity contribution >= 4 is 0 Å². The van der Waals surface area contributed by atoms with Gasteiger partial charge in [0.05, 0.1) is 12.2 Å². The van der Waals surface area contributed by atoms with Crippen LogP contribution in [0.25, 0.3) is 0 Å². The molecule has 2 rings (SSSR count). The standard InChI is InChI=1S/C11H19N3O/c12-8-10-9-13-4-6-14(10)5-3-11-2-1-7-15-11/h10-11,13H,1-7,9H2. The van der Waals surface area contributed by atoms with Gasteiger partial charge < -0.3 is 10.1 Å². The third-order valence-electron chi connectivity index (χ3n) is 3.27. The van der Waals surface area contributed by atoms with Gasteiger partial charge in [0.15, 0.2) is 0 Å². The summed E-state index contributed by atoms with van der Waals surface area (Å²) in [6.07, 6.45) is 3.93. The summed E-state index contributed by atoms with van der Waals surface area (Å²) in [6, 6.07) is 2.41. The van der Waals surface area contributed by atoms with Crippen LogP contribution in [0.3, 0.4) is 0 Å². The van der Waals surface area contributed by atoms with Crippen LogP contribution in [0.15, 0.2) is 0 Å². The maximum absolute atomic E-state index is 8.99. The average Bonchev–Trinajstić information content (AvgIpc) is 2.79. The summed E-state index contributed by atoms with van der Waals surface area (Å²) in [5.74, 6) is 0.